The standard InChI is InChI=1S/C15H20N4O2/c1-4-7-16-15(20)17-10-13(14-6-5-8-21-14)19-12(3)9-11(2)18-19/h4-6,8-9,13H,1,7,10H2,2-3H3,(H2,16,17,20). The summed E-state index contributed by atoms with van der Waals surface area (Å²) in [6, 6.07) is 5.28. The molecule has 2 amide bonds. The van der Waals surface area contributed by atoms with Crippen LogP contribution in [0.4, 0.5) is 4.79 Å². The summed E-state index contributed by atoms with van der Waals surface area (Å²) in [6.07, 6.45) is 3.25. The van der Waals surface area contributed by atoms with Gasteiger partial charge in [-0.15, -0.1) is 6.58 Å². The third-order valence-corrected chi connectivity index (χ3v) is 3.07. The Morgan fingerprint density at radius 2 is 2.33 bits per heavy atom. The summed E-state index contributed by atoms with van der Waals surface area (Å²) < 4.78 is 7.34. The minimum absolute atomic E-state index is 0.178. The molecule has 6 nitrogen and oxygen atoms in total. The van der Waals surface area contributed by atoms with Crippen LogP contribution < -0.4 is 10.6 Å². The predicted molar refractivity (Wildman–Crippen MR) is 80.1 cm³/mol. The van der Waals surface area contributed by atoms with Crippen LogP contribution in [0.3, 0.4) is 0 Å². The van der Waals surface area contributed by atoms with Crippen LogP contribution in [0.2, 0.25) is 0 Å². The monoisotopic (exact) mass is 288 g/mol. The average molecular weight is 288 g/mol. The maximum absolute atomic E-state index is 11.7. The zero-order valence-electron chi connectivity index (χ0n) is 12.3. The molecule has 1 unspecified atom stereocenters. The van der Waals surface area contributed by atoms with Crippen LogP contribution in [0.25, 0.3) is 0 Å². The molecular weight excluding hydrogens is 268 g/mol. The van der Waals surface area contributed by atoms with Crippen molar-refractivity contribution in [2.24, 2.45) is 0 Å². The predicted octanol–water partition coefficient (Wildman–Crippen LogP) is 2.17. The minimum atomic E-state index is -0.243. The lowest BCUT2D eigenvalue weighted by molar-refractivity contribution is 0.239. The second-order valence-electron chi connectivity index (χ2n) is 4.78. The van der Waals surface area contributed by atoms with Gasteiger partial charge in [-0.1, -0.05) is 6.08 Å². The summed E-state index contributed by atoms with van der Waals surface area (Å²) >= 11 is 0. The number of nitrogens with one attached hydrogen (secondary N) is 2. The summed E-state index contributed by atoms with van der Waals surface area (Å²) in [5.74, 6) is 0.755. The van der Waals surface area contributed by atoms with E-state index >= 15 is 0 Å². The Morgan fingerprint density at radius 1 is 1.52 bits per heavy atom. The summed E-state index contributed by atoms with van der Waals surface area (Å²) in [4.78, 5) is 11.7. The molecule has 21 heavy (non-hydrogen) atoms. The Kier molecular flexibility index (Phi) is 4.81. The Balaban J connectivity index is 2.12. The van der Waals surface area contributed by atoms with Crippen molar-refractivity contribution < 1.29 is 9.21 Å². The molecule has 0 saturated heterocycles. The molecule has 2 aromatic rings. The van der Waals surface area contributed by atoms with Crippen molar-refractivity contribution in [1.29, 1.82) is 0 Å². The second-order valence-corrected chi connectivity index (χ2v) is 4.78. The molecule has 2 rings (SSSR count). The van der Waals surface area contributed by atoms with Gasteiger partial charge in [0.1, 0.15) is 11.8 Å². The fourth-order valence-corrected chi connectivity index (χ4v) is 2.17. The molecule has 2 N–H and O–H groups in total. The minimum Gasteiger partial charge on any atom is -0.467 e. The van der Waals surface area contributed by atoms with Gasteiger partial charge in [0, 0.05) is 18.8 Å². The highest BCUT2D eigenvalue weighted by atomic mass is 16.3. The van der Waals surface area contributed by atoms with E-state index in [2.05, 4.69) is 22.3 Å². The van der Waals surface area contributed by atoms with E-state index in [1.165, 1.54) is 0 Å². The van der Waals surface area contributed by atoms with Crippen molar-refractivity contribution in [3.63, 3.8) is 0 Å². The van der Waals surface area contributed by atoms with Gasteiger partial charge in [0.25, 0.3) is 0 Å². The topological polar surface area (TPSA) is 72.1 Å². The number of carbonyl (C=O) groups is 1. The normalized spacial score (nSPS) is 11.9. The van der Waals surface area contributed by atoms with Crippen LogP contribution in [0, 0.1) is 13.8 Å². The smallest absolute Gasteiger partial charge is 0.315 e. The molecular formula is C15H20N4O2. The number of hydrogen-bond donors (Lipinski definition) is 2. The molecule has 0 aliphatic rings. The van der Waals surface area contributed by atoms with Gasteiger partial charge in [-0.05, 0) is 32.0 Å². The van der Waals surface area contributed by atoms with Gasteiger partial charge in [-0.2, -0.15) is 5.10 Å². The highest BCUT2D eigenvalue weighted by Crippen LogP contribution is 2.20. The number of aryl methyl sites for hydroxylation is 2. The summed E-state index contributed by atoms with van der Waals surface area (Å²) in [5.41, 5.74) is 1.95. The number of aromatic nitrogens is 2. The third-order valence-electron chi connectivity index (χ3n) is 3.07. The Labute approximate surface area is 123 Å². The Morgan fingerprint density at radius 3 is 2.90 bits per heavy atom. The number of hydrogen-bond acceptors (Lipinski definition) is 3. The maximum atomic E-state index is 11.7. The van der Waals surface area contributed by atoms with Crippen molar-refractivity contribution in [3.05, 3.63) is 54.3 Å². The molecule has 0 aromatic carbocycles. The molecule has 6 heteroatoms. The van der Waals surface area contributed by atoms with Crippen LogP contribution >= 0.6 is 0 Å². The number of amides is 2. The van der Waals surface area contributed by atoms with Gasteiger partial charge in [0.2, 0.25) is 0 Å². The SMILES string of the molecule is C=CCNC(=O)NCC(c1ccco1)n1nc(C)cc1C. The van der Waals surface area contributed by atoms with Gasteiger partial charge in [-0.25, -0.2) is 4.79 Å². The summed E-state index contributed by atoms with van der Waals surface area (Å²) in [5, 5.41) is 9.97. The zero-order valence-corrected chi connectivity index (χ0v) is 12.3. The van der Waals surface area contributed by atoms with Crippen LogP contribution in [-0.4, -0.2) is 28.9 Å². The quantitative estimate of drug-likeness (QED) is 0.800. The van der Waals surface area contributed by atoms with E-state index in [4.69, 9.17) is 4.42 Å². The van der Waals surface area contributed by atoms with Crippen molar-refractivity contribution in [2.75, 3.05) is 13.1 Å². The second kappa shape index (κ2) is 6.78. The van der Waals surface area contributed by atoms with Crippen molar-refractivity contribution in [1.82, 2.24) is 20.4 Å². The van der Waals surface area contributed by atoms with Crippen LogP contribution in [0.1, 0.15) is 23.2 Å². The molecule has 2 heterocycles. The fraction of sp³-hybridized carbons (Fsp3) is 0.333. The van der Waals surface area contributed by atoms with Crippen LogP contribution in [-0.2, 0) is 0 Å². The molecule has 0 bridgehead atoms. The molecule has 2 aromatic heterocycles. The molecule has 0 radical (unpaired) electrons. The lowest BCUT2D eigenvalue weighted by atomic mass is 10.2. The number of nitrogens with zero attached hydrogens (tertiary/aromatic N) is 2. The highest BCUT2D eigenvalue weighted by Gasteiger charge is 2.20. The molecule has 0 saturated carbocycles. The van der Waals surface area contributed by atoms with Crippen molar-refractivity contribution in [2.45, 2.75) is 19.9 Å². The van der Waals surface area contributed by atoms with Gasteiger partial charge in [0.05, 0.1) is 12.0 Å². The van der Waals surface area contributed by atoms with Crippen molar-refractivity contribution >= 4 is 6.03 Å². The first-order chi connectivity index (χ1) is 10.1. The van der Waals surface area contributed by atoms with Gasteiger partial charge >= 0.3 is 6.03 Å². The number of furan rings is 1. The number of rotatable bonds is 6. The molecule has 0 spiro atoms. The zero-order chi connectivity index (χ0) is 15.2. The molecule has 0 fully saturated rings. The van der Waals surface area contributed by atoms with E-state index < -0.39 is 0 Å². The summed E-state index contributed by atoms with van der Waals surface area (Å²) in [6.45, 7) is 8.29. The molecule has 1 atom stereocenters. The van der Waals surface area contributed by atoms with Gasteiger partial charge in [0.15, 0.2) is 0 Å². The largest absolute Gasteiger partial charge is 0.467 e. The molecule has 112 valence electrons. The first-order valence-corrected chi connectivity index (χ1v) is 6.80. The summed E-state index contributed by atoms with van der Waals surface area (Å²) in [7, 11) is 0. The molecule has 0 aliphatic carbocycles. The van der Waals surface area contributed by atoms with E-state index in [9.17, 15) is 4.79 Å². The lowest BCUT2D eigenvalue weighted by Gasteiger charge is -2.18. The van der Waals surface area contributed by atoms with E-state index in [0.717, 1.165) is 17.1 Å². The van der Waals surface area contributed by atoms with E-state index in [0.29, 0.717) is 13.1 Å². The van der Waals surface area contributed by atoms with Crippen molar-refractivity contribution in [3.8, 4) is 0 Å². The molecule has 0 aliphatic heterocycles. The maximum Gasteiger partial charge on any atom is 0.315 e. The van der Waals surface area contributed by atoms with E-state index in [-0.39, 0.29) is 12.1 Å². The number of urea groups is 1. The lowest BCUT2D eigenvalue weighted by Crippen LogP contribution is -2.39. The Bertz CT molecular complexity index is 601. The van der Waals surface area contributed by atoms with E-state index in [1.807, 2.05) is 36.7 Å². The highest BCUT2D eigenvalue weighted by molar-refractivity contribution is 5.74. The van der Waals surface area contributed by atoms with Gasteiger partial charge in [-0.3, -0.25) is 4.68 Å². The van der Waals surface area contributed by atoms with Crippen LogP contribution in [0.15, 0.2) is 41.5 Å². The number of carbonyl (C=O) groups excluding carboxylic acids is 1. The third kappa shape index (κ3) is 3.75. The van der Waals surface area contributed by atoms with Crippen LogP contribution in [0.5, 0.6) is 0 Å². The van der Waals surface area contributed by atoms with E-state index in [1.54, 1.807) is 12.3 Å². The van der Waals surface area contributed by atoms with Gasteiger partial charge < -0.3 is 15.1 Å². The first kappa shape index (κ1) is 14.9. The Hall–Kier alpha value is -2.50. The average Bonchev–Trinajstić information content (AvgIpc) is 3.07. The first-order valence-electron chi connectivity index (χ1n) is 6.80. The fourth-order valence-electron chi connectivity index (χ4n) is 2.17.